The molecule has 2 heterocycles. The summed E-state index contributed by atoms with van der Waals surface area (Å²) in [5.41, 5.74) is 1.40. The number of rotatable bonds is 3. The SMILES string of the molecule is CC1(NCc2ccnc(Cl)c2)CCNC1. The number of halogens is 1. The molecule has 0 aliphatic carbocycles. The second kappa shape index (κ2) is 4.47. The number of pyridine rings is 1. The highest BCUT2D eigenvalue weighted by Crippen LogP contribution is 2.15. The van der Waals surface area contributed by atoms with E-state index in [1.165, 1.54) is 12.0 Å². The molecule has 0 spiro atoms. The summed E-state index contributed by atoms with van der Waals surface area (Å²) in [6.45, 7) is 5.22. The summed E-state index contributed by atoms with van der Waals surface area (Å²) < 4.78 is 0. The molecule has 1 fully saturated rings. The van der Waals surface area contributed by atoms with Gasteiger partial charge in [0.2, 0.25) is 0 Å². The van der Waals surface area contributed by atoms with E-state index in [-0.39, 0.29) is 5.54 Å². The second-order valence-corrected chi connectivity index (χ2v) is 4.72. The molecule has 1 aliphatic rings. The average molecular weight is 226 g/mol. The number of nitrogens with one attached hydrogen (secondary N) is 2. The Hall–Kier alpha value is -0.640. The van der Waals surface area contributed by atoms with Crippen LogP contribution in [0.1, 0.15) is 18.9 Å². The first-order valence-electron chi connectivity index (χ1n) is 5.24. The normalized spacial score (nSPS) is 25.7. The van der Waals surface area contributed by atoms with Gasteiger partial charge in [0.15, 0.2) is 0 Å². The largest absolute Gasteiger partial charge is 0.315 e. The molecule has 2 N–H and O–H groups in total. The Morgan fingerprint density at radius 1 is 1.67 bits per heavy atom. The van der Waals surface area contributed by atoms with Gasteiger partial charge in [-0.1, -0.05) is 11.6 Å². The van der Waals surface area contributed by atoms with Crippen molar-refractivity contribution in [3.63, 3.8) is 0 Å². The quantitative estimate of drug-likeness (QED) is 0.767. The number of nitrogens with zero attached hydrogens (tertiary/aromatic N) is 1. The van der Waals surface area contributed by atoms with Gasteiger partial charge in [0.1, 0.15) is 5.15 Å². The lowest BCUT2D eigenvalue weighted by molar-refractivity contribution is 0.385. The van der Waals surface area contributed by atoms with Crippen molar-refractivity contribution in [3.8, 4) is 0 Å². The van der Waals surface area contributed by atoms with Gasteiger partial charge in [-0.05, 0) is 37.6 Å². The zero-order valence-electron chi connectivity index (χ0n) is 8.89. The summed E-state index contributed by atoms with van der Waals surface area (Å²) in [7, 11) is 0. The van der Waals surface area contributed by atoms with Crippen LogP contribution in [-0.2, 0) is 6.54 Å². The van der Waals surface area contributed by atoms with Crippen molar-refractivity contribution in [3.05, 3.63) is 29.0 Å². The van der Waals surface area contributed by atoms with Gasteiger partial charge in [-0.2, -0.15) is 0 Å². The molecule has 15 heavy (non-hydrogen) atoms. The first kappa shape index (κ1) is 10.9. The minimum Gasteiger partial charge on any atom is -0.315 e. The van der Waals surface area contributed by atoms with Gasteiger partial charge >= 0.3 is 0 Å². The summed E-state index contributed by atoms with van der Waals surface area (Å²) in [4.78, 5) is 3.96. The maximum atomic E-state index is 5.82. The minimum atomic E-state index is 0.218. The Kier molecular flexibility index (Phi) is 3.24. The van der Waals surface area contributed by atoms with Gasteiger partial charge in [-0.15, -0.1) is 0 Å². The number of hydrogen-bond acceptors (Lipinski definition) is 3. The zero-order valence-corrected chi connectivity index (χ0v) is 9.64. The number of aromatic nitrogens is 1. The molecule has 1 aliphatic heterocycles. The number of hydrogen-bond donors (Lipinski definition) is 2. The smallest absolute Gasteiger partial charge is 0.129 e. The van der Waals surface area contributed by atoms with E-state index >= 15 is 0 Å². The molecule has 3 nitrogen and oxygen atoms in total. The standard InChI is InChI=1S/C11H16ClN3/c1-11(3-5-13-8-11)15-7-9-2-4-14-10(12)6-9/h2,4,6,13,15H,3,5,7-8H2,1H3. The molecule has 1 aromatic heterocycles. The van der Waals surface area contributed by atoms with E-state index < -0.39 is 0 Å². The summed E-state index contributed by atoms with van der Waals surface area (Å²) in [5.74, 6) is 0. The van der Waals surface area contributed by atoms with Crippen molar-refractivity contribution in [2.75, 3.05) is 13.1 Å². The van der Waals surface area contributed by atoms with Crippen LogP contribution in [-0.4, -0.2) is 23.6 Å². The molecule has 2 rings (SSSR count). The summed E-state index contributed by atoms with van der Waals surface area (Å²) in [6.07, 6.45) is 2.92. The van der Waals surface area contributed by atoms with Crippen LogP contribution in [0, 0.1) is 0 Å². The Balaban J connectivity index is 1.92. The van der Waals surface area contributed by atoms with Crippen LogP contribution in [0.25, 0.3) is 0 Å². The van der Waals surface area contributed by atoms with E-state index in [0.717, 1.165) is 19.6 Å². The molecule has 4 heteroatoms. The lowest BCUT2D eigenvalue weighted by Gasteiger charge is -2.24. The summed E-state index contributed by atoms with van der Waals surface area (Å²) in [5, 5.41) is 7.47. The molecule has 0 amide bonds. The van der Waals surface area contributed by atoms with E-state index in [4.69, 9.17) is 11.6 Å². The fourth-order valence-corrected chi connectivity index (χ4v) is 2.03. The molecule has 1 atom stereocenters. The van der Waals surface area contributed by atoms with Crippen LogP contribution in [0.5, 0.6) is 0 Å². The van der Waals surface area contributed by atoms with Crippen LogP contribution in [0.3, 0.4) is 0 Å². The molecule has 0 radical (unpaired) electrons. The van der Waals surface area contributed by atoms with Crippen LogP contribution < -0.4 is 10.6 Å². The molecule has 1 unspecified atom stereocenters. The van der Waals surface area contributed by atoms with E-state index in [0.29, 0.717) is 5.15 Å². The Morgan fingerprint density at radius 3 is 3.20 bits per heavy atom. The Labute approximate surface area is 95.2 Å². The van der Waals surface area contributed by atoms with Gasteiger partial charge in [0.25, 0.3) is 0 Å². The molecule has 0 aromatic carbocycles. The first-order valence-corrected chi connectivity index (χ1v) is 5.62. The van der Waals surface area contributed by atoms with E-state index in [2.05, 4.69) is 22.5 Å². The van der Waals surface area contributed by atoms with Crippen LogP contribution in [0.4, 0.5) is 0 Å². The highest BCUT2D eigenvalue weighted by atomic mass is 35.5. The van der Waals surface area contributed by atoms with Gasteiger partial charge in [-0.25, -0.2) is 4.98 Å². The molecule has 0 bridgehead atoms. The van der Waals surface area contributed by atoms with Crippen molar-refractivity contribution in [1.29, 1.82) is 0 Å². The Morgan fingerprint density at radius 2 is 2.53 bits per heavy atom. The first-order chi connectivity index (χ1) is 7.18. The fourth-order valence-electron chi connectivity index (χ4n) is 1.84. The third kappa shape index (κ3) is 2.91. The summed E-state index contributed by atoms with van der Waals surface area (Å²) in [6, 6.07) is 3.89. The monoisotopic (exact) mass is 225 g/mol. The van der Waals surface area contributed by atoms with Gasteiger partial charge < -0.3 is 10.6 Å². The van der Waals surface area contributed by atoms with Crippen LogP contribution in [0.2, 0.25) is 5.15 Å². The van der Waals surface area contributed by atoms with E-state index in [1.807, 2.05) is 12.1 Å². The molecule has 1 saturated heterocycles. The van der Waals surface area contributed by atoms with E-state index in [1.54, 1.807) is 6.20 Å². The topological polar surface area (TPSA) is 37.0 Å². The highest BCUT2D eigenvalue weighted by molar-refractivity contribution is 6.29. The van der Waals surface area contributed by atoms with Gasteiger partial charge in [-0.3, -0.25) is 0 Å². The summed E-state index contributed by atoms with van der Waals surface area (Å²) >= 11 is 5.82. The molecular weight excluding hydrogens is 210 g/mol. The zero-order chi connectivity index (χ0) is 10.7. The second-order valence-electron chi connectivity index (χ2n) is 4.33. The highest BCUT2D eigenvalue weighted by Gasteiger charge is 2.27. The Bertz CT molecular complexity index is 334. The predicted octanol–water partition coefficient (Wildman–Crippen LogP) is 1.58. The van der Waals surface area contributed by atoms with Gasteiger partial charge in [0, 0.05) is 24.8 Å². The molecular formula is C11H16ClN3. The van der Waals surface area contributed by atoms with Crippen LogP contribution in [0.15, 0.2) is 18.3 Å². The maximum Gasteiger partial charge on any atom is 0.129 e. The van der Waals surface area contributed by atoms with Crippen molar-refractivity contribution in [1.82, 2.24) is 15.6 Å². The fraction of sp³-hybridized carbons (Fsp3) is 0.545. The van der Waals surface area contributed by atoms with Crippen molar-refractivity contribution < 1.29 is 0 Å². The van der Waals surface area contributed by atoms with Crippen molar-refractivity contribution in [2.24, 2.45) is 0 Å². The third-order valence-electron chi connectivity index (χ3n) is 2.88. The molecule has 1 aromatic rings. The average Bonchev–Trinajstić information content (AvgIpc) is 2.63. The van der Waals surface area contributed by atoms with Crippen molar-refractivity contribution in [2.45, 2.75) is 25.4 Å². The lowest BCUT2D eigenvalue weighted by Crippen LogP contribution is -2.43. The molecule has 82 valence electrons. The minimum absolute atomic E-state index is 0.218. The predicted molar refractivity (Wildman–Crippen MR) is 62.0 cm³/mol. The molecule has 0 saturated carbocycles. The maximum absolute atomic E-state index is 5.82. The third-order valence-corrected chi connectivity index (χ3v) is 3.09. The lowest BCUT2D eigenvalue weighted by atomic mass is 10.0. The van der Waals surface area contributed by atoms with Crippen LogP contribution >= 0.6 is 11.6 Å². The van der Waals surface area contributed by atoms with E-state index in [9.17, 15) is 0 Å². The van der Waals surface area contributed by atoms with Gasteiger partial charge in [0.05, 0.1) is 0 Å². The van der Waals surface area contributed by atoms with Crippen molar-refractivity contribution >= 4 is 11.6 Å².